The number of hydrogen-bond donors (Lipinski definition) is 2. The van der Waals surface area contributed by atoms with E-state index < -0.39 is 11.9 Å². The van der Waals surface area contributed by atoms with Gasteiger partial charge in [-0.1, -0.05) is 33.6 Å². The molecule has 0 saturated heterocycles. The molecular formula is C11H11BrClNO4. The zero-order valence-corrected chi connectivity index (χ0v) is 11.6. The Kier molecular flexibility index (Phi) is 5.58. The Morgan fingerprint density at radius 1 is 1.22 bits per heavy atom. The van der Waals surface area contributed by atoms with Crippen molar-refractivity contribution in [2.45, 2.75) is 6.54 Å². The number of hydrogen-bond acceptors (Lipinski definition) is 3. The minimum Gasteiger partial charge on any atom is -0.480 e. The first kappa shape index (κ1) is 14.9. The molecule has 0 aliphatic rings. The fraction of sp³-hybridized carbons (Fsp3) is 0.273. The first-order chi connectivity index (χ1) is 8.38. The molecule has 0 radical (unpaired) electrons. The van der Waals surface area contributed by atoms with Gasteiger partial charge < -0.3 is 10.2 Å². The fourth-order valence-electron chi connectivity index (χ4n) is 1.44. The molecule has 0 aliphatic heterocycles. The Morgan fingerprint density at radius 3 is 2.22 bits per heavy atom. The first-order valence-corrected chi connectivity index (χ1v) is 6.15. The van der Waals surface area contributed by atoms with Crippen LogP contribution in [-0.4, -0.2) is 40.1 Å². The van der Waals surface area contributed by atoms with Crippen molar-refractivity contribution in [3.05, 3.63) is 33.3 Å². The van der Waals surface area contributed by atoms with Crippen molar-refractivity contribution < 1.29 is 19.8 Å². The highest BCUT2D eigenvalue weighted by molar-refractivity contribution is 9.10. The molecule has 0 fully saturated rings. The van der Waals surface area contributed by atoms with Gasteiger partial charge in [-0.25, -0.2) is 0 Å². The van der Waals surface area contributed by atoms with Gasteiger partial charge in [0, 0.05) is 16.0 Å². The zero-order chi connectivity index (χ0) is 13.7. The third-order valence-corrected chi connectivity index (χ3v) is 3.10. The molecule has 0 bridgehead atoms. The maximum atomic E-state index is 10.7. The third-order valence-electron chi connectivity index (χ3n) is 2.13. The van der Waals surface area contributed by atoms with Crippen LogP contribution in [0, 0.1) is 0 Å². The van der Waals surface area contributed by atoms with Crippen LogP contribution in [0.25, 0.3) is 0 Å². The second-order valence-corrected chi connectivity index (χ2v) is 4.96. The van der Waals surface area contributed by atoms with Crippen LogP contribution in [0.5, 0.6) is 0 Å². The van der Waals surface area contributed by atoms with Crippen LogP contribution in [0.4, 0.5) is 0 Å². The van der Waals surface area contributed by atoms with Crippen LogP contribution in [-0.2, 0) is 16.1 Å². The predicted molar refractivity (Wildman–Crippen MR) is 69.7 cm³/mol. The van der Waals surface area contributed by atoms with Crippen LogP contribution in [0.2, 0.25) is 5.02 Å². The molecule has 0 amide bonds. The molecule has 1 aromatic carbocycles. The van der Waals surface area contributed by atoms with Crippen LogP contribution >= 0.6 is 27.5 Å². The van der Waals surface area contributed by atoms with Gasteiger partial charge in [0.1, 0.15) is 0 Å². The number of nitrogens with zero attached hydrogens (tertiary/aromatic N) is 1. The Balaban J connectivity index is 2.81. The maximum absolute atomic E-state index is 10.7. The van der Waals surface area contributed by atoms with E-state index in [9.17, 15) is 9.59 Å². The molecular weight excluding hydrogens is 325 g/mol. The van der Waals surface area contributed by atoms with Crippen molar-refractivity contribution in [3.8, 4) is 0 Å². The van der Waals surface area contributed by atoms with Crippen LogP contribution in [0.1, 0.15) is 5.56 Å². The second-order valence-electron chi connectivity index (χ2n) is 3.67. The van der Waals surface area contributed by atoms with Crippen LogP contribution in [0.3, 0.4) is 0 Å². The van der Waals surface area contributed by atoms with Crippen molar-refractivity contribution >= 4 is 39.5 Å². The Hall–Kier alpha value is -1.11. The molecule has 0 aliphatic carbocycles. The molecule has 5 nitrogen and oxygen atoms in total. The Morgan fingerprint density at radius 2 is 1.78 bits per heavy atom. The maximum Gasteiger partial charge on any atom is 0.317 e. The average molecular weight is 337 g/mol. The molecule has 0 aromatic heterocycles. The molecule has 18 heavy (non-hydrogen) atoms. The first-order valence-electron chi connectivity index (χ1n) is 4.98. The van der Waals surface area contributed by atoms with E-state index in [1.807, 2.05) is 0 Å². The van der Waals surface area contributed by atoms with E-state index in [1.165, 1.54) is 4.90 Å². The summed E-state index contributed by atoms with van der Waals surface area (Å²) in [5, 5.41) is 18.0. The fourth-order valence-corrected chi connectivity index (χ4v) is 2.25. The van der Waals surface area contributed by atoms with Crippen LogP contribution in [0.15, 0.2) is 22.7 Å². The average Bonchev–Trinajstić information content (AvgIpc) is 2.20. The number of halogens is 2. The summed E-state index contributed by atoms with van der Waals surface area (Å²) < 4.78 is 0.718. The number of carboxylic acid groups (broad SMARTS) is 2. The molecule has 0 atom stereocenters. The smallest absolute Gasteiger partial charge is 0.317 e. The summed E-state index contributed by atoms with van der Waals surface area (Å²) in [6.45, 7) is -0.445. The van der Waals surface area contributed by atoms with E-state index in [0.29, 0.717) is 5.02 Å². The number of aliphatic carboxylic acids is 2. The molecule has 98 valence electrons. The van der Waals surface area contributed by atoms with E-state index in [-0.39, 0.29) is 19.6 Å². The molecule has 0 saturated carbocycles. The molecule has 0 unspecified atom stereocenters. The lowest BCUT2D eigenvalue weighted by Gasteiger charge is -2.18. The Bertz CT molecular complexity index is 450. The number of benzene rings is 1. The minimum absolute atomic E-state index is 0.219. The third kappa shape index (κ3) is 5.03. The topological polar surface area (TPSA) is 77.8 Å². The molecule has 1 rings (SSSR count). The van der Waals surface area contributed by atoms with Crippen LogP contribution < -0.4 is 0 Å². The van der Waals surface area contributed by atoms with Crippen molar-refractivity contribution in [1.82, 2.24) is 4.90 Å². The van der Waals surface area contributed by atoms with Crippen molar-refractivity contribution in [2.75, 3.05) is 13.1 Å². The minimum atomic E-state index is -1.07. The summed E-state index contributed by atoms with van der Waals surface area (Å²) in [6, 6.07) is 5.07. The largest absolute Gasteiger partial charge is 0.480 e. The zero-order valence-electron chi connectivity index (χ0n) is 9.27. The van der Waals surface area contributed by atoms with E-state index >= 15 is 0 Å². The number of rotatable bonds is 6. The molecule has 2 N–H and O–H groups in total. The highest BCUT2D eigenvalue weighted by Gasteiger charge is 2.15. The summed E-state index contributed by atoms with van der Waals surface area (Å²) in [7, 11) is 0. The summed E-state index contributed by atoms with van der Waals surface area (Å²) in [5.41, 5.74) is 0.780. The van der Waals surface area contributed by atoms with E-state index in [2.05, 4.69) is 15.9 Å². The summed E-state index contributed by atoms with van der Waals surface area (Å²) in [4.78, 5) is 22.6. The van der Waals surface area contributed by atoms with Crippen molar-refractivity contribution in [3.63, 3.8) is 0 Å². The monoisotopic (exact) mass is 335 g/mol. The van der Waals surface area contributed by atoms with Gasteiger partial charge in [-0.15, -0.1) is 0 Å². The normalized spacial score (nSPS) is 10.6. The lowest BCUT2D eigenvalue weighted by molar-refractivity contribution is -0.142. The lowest BCUT2D eigenvalue weighted by Crippen LogP contribution is -2.34. The van der Waals surface area contributed by atoms with Crippen molar-refractivity contribution in [1.29, 1.82) is 0 Å². The van der Waals surface area contributed by atoms with Gasteiger partial charge >= 0.3 is 11.9 Å². The lowest BCUT2D eigenvalue weighted by atomic mass is 10.2. The van der Waals surface area contributed by atoms with Gasteiger partial charge in [-0.2, -0.15) is 0 Å². The Labute approximate surface area is 117 Å². The van der Waals surface area contributed by atoms with Gasteiger partial charge in [-0.05, 0) is 17.7 Å². The number of carboxylic acids is 2. The SMILES string of the molecule is O=C(O)CN(CC(=O)O)Cc1ccc(Cl)cc1Br. The van der Waals surface area contributed by atoms with Gasteiger partial charge in [-0.3, -0.25) is 14.5 Å². The molecule has 0 heterocycles. The molecule has 1 aromatic rings. The van der Waals surface area contributed by atoms with Crippen molar-refractivity contribution in [2.24, 2.45) is 0 Å². The quantitative estimate of drug-likeness (QED) is 0.831. The summed E-state index contributed by atoms with van der Waals surface area (Å²) >= 11 is 9.09. The van der Waals surface area contributed by atoms with Gasteiger partial charge in [0.25, 0.3) is 0 Å². The molecule has 7 heteroatoms. The highest BCUT2D eigenvalue weighted by Crippen LogP contribution is 2.22. The highest BCUT2D eigenvalue weighted by atomic mass is 79.9. The van der Waals surface area contributed by atoms with Gasteiger partial charge in [0.15, 0.2) is 0 Å². The van der Waals surface area contributed by atoms with Gasteiger partial charge in [0.05, 0.1) is 13.1 Å². The summed E-state index contributed by atoms with van der Waals surface area (Å²) in [5.74, 6) is -2.14. The standard InChI is InChI=1S/C11H11BrClNO4/c12-9-3-8(13)2-1-7(9)4-14(5-10(15)16)6-11(17)18/h1-3H,4-6H2,(H,15,16)(H,17,18). The summed E-state index contributed by atoms with van der Waals surface area (Å²) in [6.07, 6.45) is 0. The second kappa shape index (κ2) is 6.72. The van der Waals surface area contributed by atoms with E-state index in [4.69, 9.17) is 21.8 Å². The van der Waals surface area contributed by atoms with E-state index in [1.54, 1.807) is 18.2 Å². The number of carbonyl (C=O) groups is 2. The van der Waals surface area contributed by atoms with E-state index in [0.717, 1.165) is 10.0 Å². The van der Waals surface area contributed by atoms with Gasteiger partial charge in [0.2, 0.25) is 0 Å². The molecule has 0 spiro atoms. The predicted octanol–water partition coefficient (Wildman–Crippen LogP) is 2.07.